The van der Waals surface area contributed by atoms with E-state index >= 15 is 0 Å². The number of rotatable bonds is 4. The lowest BCUT2D eigenvalue weighted by molar-refractivity contribution is 0.380. The van der Waals surface area contributed by atoms with Crippen molar-refractivity contribution in [2.45, 2.75) is 18.7 Å². The van der Waals surface area contributed by atoms with Crippen LogP contribution in [0, 0.1) is 19.7 Å². The molecule has 26 heavy (non-hydrogen) atoms. The van der Waals surface area contributed by atoms with Gasteiger partial charge in [-0.05, 0) is 31.5 Å². The van der Waals surface area contributed by atoms with E-state index < -0.39 is 15.8 Å². The normalized spacial score (nSPS) is 15.9. The average Bonchev–Trinajstić information content (AvgIpc) is 2.63. The molecule has 0 atom stereocenters. The summed E-state index contributed by atoms with van der Waals surface area (Å²) >= 11 is 0. The lowest BCUT2D eigenvalue weighted by atomic mass is 10.2. The van der Waals surface area contributed by atoms with E-state index in [1.54, 1.807) is 19.9 Å². The third kappa shape index (κ3) is 3.63. The largest absolute Gasteiger partial charge is 0.481 e. The van der Waals surface area contributed by atoms with E-state index in [2.05, 4.69) is 9.97 Å². The predicted octanol–water partition coefficient (Wildman–Crippen LogP) is 1.75. The molecular formula is C17H21FN4O3S. The molecule has 0 saturated carbocycles. The molecule has 1 aromatic heterocycles. The van der Waals surface area contributed by atoms with Gasteiger partial charge in [-0.1, -0.05) is 6.07 Å². The molecule has 0 amide bonds. The second-order valence-electron chi connectivity index (χ2n) is 6.12. The lowest BCUT2D eigenvalue weighted by Crippen LogP contribution is -2.49. The summed E-state index contributed by atoms with van der Waals surface area (Å²) in [7, 11) is -2.19. The maximum Gasteiger partial charge on any atom is 0.243 e. The molecule has 0 unspecified atom stereocenters. The van der Waals surface area contributed by atoms with E-state index in [1.807, 2.05) is 4.90 Å². The summed E-state index contributed by atoms with van der Waals surface area (Å²) in [5.74, 6) is 1.20. The van der Waals surface area contributed by atoms with Crippen molar-refractivity contribution in [2.75, 3.05) is 38.2 Å². The number of methoxy groups -OCH3 is 1. The highest BCUT2D eigenvalue weighted by atomic mass is 32.2. The summed E-state index contributed by atoms with van der Waals surface area (Å²) in [6, 6.07) is 5.55. The lowest BCUT2D eigenvalue weighted by Gasteiger charge is -2.35. The molecule has 0 spiro atoms. The van der Waals surface area contributed by atoms with Gasteiger partial charge < -0.3 is 9.64 Å². The summed E-state index contributed by atoms with van der Waals surface area (Å²) in [4.78, 5) is 10.6. The van der Waals surface area contributed by atoms with E-state index in [0.717, 1.165) is 6.07 Å². The fourth-order valence-electron chi connectivity index (χ4n) is 2.94. The number of hydrogen-bond acceptors (Lipinski definition) is 6. The van der Waals surface area contributed by atoms with Crippen LogP contribution in [-0.2, 0) is 10.0 Å². The number of hydrogen-bond donors (Lipinski definition) is 0. The van der Waals surface area contributed by atoms with Crippen LogP contribution in [0.4, 0.5) is 10.2 Å². The molecular weight excluding hydrogens is 359 g/mol. The average molecular weight is 380 g/mol. The maximum absolute atomic E-state index is 13.5. The molecule has 0 radical (unpaired) electrons. The van der Waals surface area contributed by atoms with Gasteiger partial charge >= 0.3 is 0 Å². The Morgan fingerprint density at radius 1 is 1.08 bits per heavy atom. The molecule has 1 aromatic carbocycles. The van der Waals surface area contributed by atoms with Crippen molar-refractivity contribution in [3.8, 4) is 5.88 Å². The van der Waals surface area contributed by atoms with Gasteiger partial charge in [-0.15, -0.1) is 0 Å². The van der Waals surface area contributed by atoms with Crippen molar-refractivity contribution in [1.29, 1.82) is 0 Å². The molecule has 1 aliphatic heterocycles. The molecule has 9 heteroatoms. The Balaban J connectivity index is 1.78. The van der Waals surface area contributed by atoms with Crippen molar-refractivity contribution in [3.63, 3.8) is 0 Å². The van der Waals surface area contributed by atoms with Crippen LogP contribution in [0.15, 0.2) is 29.2 Å². The van der Waals surface area contributed by atoms with Gasteiger partial charge in [0, 0.05) is 32.2 Å². The first-order valence-electron chi connectivity index (χ1n) is 8.22. The van der Waals surface area contributed by atoms with E-state index in [1.165, 1.54) is 23.5 Å². The number of halogens is 1. The number of anilines is 1. The summed E-state index contributed by atoms with van der Waals surface area (Å²) in [5.41, 5.74) is 0.532. The van der Waals surface area contributed by atoms with Crippen LogP contribution in [0.25, 0.3) is 0 Å². The fraction of sp³-hybridized carbons (Fsp3) is 0.412. The van der Waals surface area contributed by atoms with Crippen LogP contribution in [0.1, 0.15) is 11.4 Å². The number of aromatic nitrogens is 2. The van der Waals surface area contributed by atoms with Gasteiger partial charge in [-0.2, -0.15) is 9.29 Å². The quantitative estimate of drug-likeness (QED) is 0.804. The van der Waals surface area contributed by atoms with E-state index in [0.29, 0.717) is 49.3 Å². The Morgan fingerprint density at radius 2 is 1.77 bits per heavy atom. The van der Waals surface area contributed by atoms with Gasteiger partial charge in [-0.3, -0.25) is 0 Å². The van der Waals surface area contributed by atoms with Gasteiger partial charge in [-0.25, -0.2) is 17.8 Å². The number of piperazine rings is 1. The van der Waals surface area contributed by atoms with Gasteiger partial charge in [0.25, 0.3) is 0 Å². The molecule has 0 bridgehead atoms. The Kier molecular flexibility index (Phi) is 5.10. The highest BCUT2D eigenvalue weighted by Gasteiger charge is 2.30. The Morgan fingerprint density at radius 3 is 2.42 bits per heavy atom. The minimum absolute atomic E-state index is 0.0190. The van der Waals surface area contributed by atoms with Crippen LogP contribution in [-0.4, -0.2) is 56.0 Å². The molecule has 3 rings (SSSR count). The van der Waals surface area contributed by atoms with Crippen LogP contribution < -0.4 is 9.64 Å². The third-order valence-electron chi connectivity index (χ3n) is 4.34. The number of nitrogens with zero attached hydrogens (tertiary/aromatic N) is 4. The molecule has 7 nitrogen and oxygen atoms in total. The fourth-order valence-corrected chi connectivity index (χ4v) is 4.60. The minimum atomic E-state index is -3.73. The Labute approximate surface area is 152 Å². The summed E-state index contributed by atoms with van der Waals surface area (Å²) in [5, 5.41) is 0. The van der Waals surface area contributed by atoms with Crippen LogP contribution in [0.3, 0.4) is 0 Å². The first-order valence-corrected chi connectivity index (χ1v) is 9.66. The highest BCUT2D eigenvalue weighted by Crippen LogP contribution is 2.24. The molecule has 1 fully saturated rings. The van der Waals surface area contributed by atoms with Crippen molar-refractivity contribution in [1.82, 2.24) is 14.3 Å². The van der Waals surface area contributed by atoms with Crippen molar-refractivity contribution >= 4 is 15.8 Å². The van der Waals surface area contributed by atoms with Crippen LogP contribution in [0.2, 0.25) is 0 Å². The standard InChI is InChI=1S/C17H21FN4O3S/c1-12-4-5-14(18)10-15(12)26(23,24)22-8-6-21(7-9-22)16-11-17(25-3)20-13(2)19-16/h4-5,10-11H,6-9H2,1-3H3. The van der Waals surface area contributed by atoms with Gasteiger partial charge in [0.15, 0.2) is 0 Å². The van der Waals surface area contributed by atoms with Gasteiger partial charge in [0.1, 0.15) is 17.5 Å². The van der Waals surface area contributed by atoms with Crippen LogP contribution in [0.5, 0.6) is 5.88 Å². The predicted molar refractivity (Wildman–Crippen MR) is 95.4 cm³/mol. The van der Waals surface area contributed by atoms with Crippen LogP contribution >= 0.6 is 0 Å². The van der Waals surface area contributed by atoms with Gasteiger partial charge in [0.2, 0.25) is 15.9 Å². The monoisotopic (exact) mass is 380 g/mol. The number of sulfonamides is 1. The third-order valence-corrected chi connectivity index (χ3v) is 6.38. The molecule has 2 heterocycles. The number of aryl methyl sites for hydroxylation is 2. The zero-order valence-electron chi connectivity index (χ0n) is 14.9. The van der Waals surface area contributed by atoms with Crippen molar-refractivity contribution < 1.29 is 17.5 Å². The van der Waals surface area contributed by atoms with E-state index in [4.69, 9.17) is 4.74 Å². The summed E-state index contributed by atoms with van der Waals surface area (Å²) < 4.78 is 45.8. The SMILES string of the molecule is COc1cc(N2CCN(S(=O)(=O)c3cc(F)ccc3C)CC2)nc(C)n1. The topological polar surface area (TPSA) is 75.6 Å². The van der Waals surface area contributed by atoms with E-state index in [-0.39, 0.29) is 4.90 Å². The first-order chi connectivity index (χ1) is 12.3. The van der Waals surface area contributed by atoms with Crippen molar-refractivity contribution in [2.24, 2.45) is 0 Å². The first kappa shape index (κ1) is 18.5. The zero-order valence-corrected chi connectivity index (χ0v) is 15.8. The molecule has 0 N–H and O–H groups in total. The van der Waals surface area contributed by atoms with Gasteiger partial charge in [0.05, 0.1) is 12.0 Å². The van der Waals surface area contributed by atoms with Crippen molar-refractivity contribution in [3.05, 3.63) is 41.5 Å². The highest BCUT2D eigenvalue weighted by molar-refractivity contribution is 7.89. The summed E-state index contributed by atoms with van der Waals surface area (Å²) in [6.45, 7) is 4.99. The molecule has 1 aliphatic rings. The minimum Gasteiger partial charge on any atom is -0.481 e. The Bertz CT molecular complexity index is 912. The number of benzene rings is 1. The molecule has 0 aliphatic carbocycles. The molecule has 2 aromatic rings. The second kappa shape index (κ2) is 7.16. The number of ether oxygens (including phenoxy) is 1. The molecule has 1 saturated heterocycles. The Hall–Kier alpha value is -2.26. The summed E-state index contributed by atoms with van der Waals surface area (Å²) in [6.07, 6.45) is 0. The zero-order chi connectivity index (χ0) is 18.9. The van der Waals surface area contributed by atoms with E-state index in [9.17, 15) is 12.8 Å². The molecule has 140 valence electrons. The second-order valence-corrected chi connectivity index (χ2v) is 8.02. The smallest absolute Gasteiger partial charge is 0.243 e. The maximum atomic E-state index is 13.5.